The molecule has 1 aliphatic rings. The molecule has 0 aliphatic carbocycles. The molecule has 1 heterocycles. The minimum Gasteiger partial charge on any atom is -0.326 e. The van der Waals surface area contributed by atoms with Crippen LogP contribution < -0.4 is 5.73 Å². The molecule has 3 heteroatoms. The average Bonchev–Trinajstić information content (AvgIpc) is 1.85. The zero-order chi connectivity index (χ0) is 7.56. The molecule has 0 aromatic rings. The summed E-state index contributed by atoms with van der Waals surface area (Å²) in [6.45, 7) is 4.38. The molecule has 0 aromatic carbocycles. The summed E-state index contributed by atoms with van der Waals surface area (Å²) < 4.78 is 12.7. The number of alkyl halides is 1. The lowest BCUT2D eigenvalue weighted by Crippen LogP contribution is -2.47. The Hall–Kier alpha value is -0.150. The SMILES string of the molecule is CCN1CC(N)CC(F)C1. The number of rotatable bonds is 1. The van der Waals surface area contributed by atoms with Crippen molar-refractivity contribution in [3.63, 3.8) is 0 Å². The van der Waals surface area contributed by atoms with Crippen LogP contribution in [0.2, 0.25) is 0 Å². The van der Waals surface area contributed by atoms with Crippen molar-refractivity contribution in [1.82, 2.24) is 4.90 Å². The van der Waals surface area contributed by atoms with E-state index in [4.69, 9.17) is 5.73 Å². The molecule has 2 atom stereocenters. The molecular formula is C7H15FN2. The largest absolute Gasteiger partial charge is 0.326 e. The van der Waals surface area contributed by atoms with Crippen LogP contribution in [0.5, 0.6) is 0 Å². The quantitative estimate of drug-likeness (QED) is 0.579. The Kier molecular flexibility index (Phi) is 2.63. The molecule has 1 rings (SSSR count). The monoisotopic (exact) mass is 146 g/mol. The van der Waals surface area contributed by atoms with Crippen LogP contribution in [0.1, 0.15) is 13.3 Å². The van der Waals surface area contributed by atoms with Gasteiger partial charge in [0.05, 0.1) is 0 Å². The van der Waals surface area contributed by atoms with Gasteiger partial charge in [0, 0.05) is 19.1 Å². The number of hydrogen-bond acceptors (Lipinski definition) is 2. The summed E-state index contributed by atoms with van der Waals surface area (Å²) in [5.74, 6) is 0. The number of likely N-dealkylation sites (tertiary alicyclic amines) is 1. The normalized spacial score (nSPS) is 36.3. The minimum atomic E-state index is -0.705. The van der Waals surface area contributed by atoms with Crippen molar-refractivity contribution in [3.05, 3.63) is 0 Å². The molecule has 0 bridgehead atoms. The maximum absolute atomic E-state index is 12.7. The summed E-state index contributed by atoms with van der Waals surface area (Å²) in [7, 11) is 0. The summed E-state index contributed by atoms with van der Waals surface area (Å²) in [5.41, 5.74) is 5.61. The van der Waals surface area contributed by atoms with E-state index in [1.807, 2.05) is 6.92 Å². The smallest absolute Gasteiger partial charge is 0.114 e. The Labute approximate surface area is 61.2 Å². The first kappa shape index (κ1) is 7.95. The third kappa shape index (κ3) is 1.92. The van der Waals surface area contributed by atoms with Gasteiger partial charge in [-0.1, -0.05) is 6.92 Å². The maximum atomic E-state index is 12.7. The van der Waals surface area contributed by atoms with Gasteiger partial charge in [0.25, 0.3) is 0 Å². The molecule has 0 spiro atoms. The first-order valence-corrected chi connectivity index (χ1v) is 3.84. The highest BCUT2D eigenvalue weighted by Gasteiger charge is 2.22. The molecule has 60 valence electrons. The summed E-state index contributed by atoms with van der Waals surface area (Å²) in [4.78, 5) is 2.05. The summed E-state index contributed by atoms with van der Waals surface area (Å²) >= 11 is 0. The molecule has 2 N–H and O–H groups in total. The standard InChI is InChI=1S/C7H15FN2/c1-2-10-4-6(8)3-7(9)5-10/h6-7H,2-5,9H2,1H3. The van der Waals surface area contributed by atoms with Crippen molar-refractivity contribution in [3.8, 4) is 0 Å². The lowest BCUT2D eigenvalue weighted by Gasteiger charge is -2.31. The van der Waals surface area contributed by atoms with E-state index in [1.54, 1.807) is 0 Å². The summed E-state index contributed by atoms with van der Waals surface area (Å²) in [5, 5.41) is 0. The minimum absolute atomic E-state index is 0.0451. The fourth-order valence-corrected chi connectivity index (χ4v) is 1.42. The van der Waals surface area contributed by atoms with Crippen LogP contribution in [0.25, 0.3) is 0 Å². The van der Waals surface area contributed by atoms with E-state index in [9.17, 15) is 4.39 Å². The summed E-state index contributed by atoms with van der Waals surface area (Å²) in [6.07, 6.45) is -0.167. The van der Waals surface area contributed by atoms with Gasteiger partial charge in [-0.3, -0.25) is 4.90 Å². The highest BCUT2D eigenvalue weighted by atomic mass is 19.1. The van der Waals surface area contributed by atoms with Crippen molar-refractivity contribution >= 4 is 0 Å². The van der Waals surface area contributed by atoms with Crippen LogP contribution in [-0.2, 0) is 0 Å². The van der Waals surface area contributed by atoms with E-state index in [0.717, 1.165) is 13.1 Å². The number of halogens is 1. The molecule has 0 saturated carbocycles. The van der Waals surface area contributed by atoms with Gasteiger partial charge in [-0.25, -0.2) is 4.39 Å². The van der Waals surface area contributed by atoms with Crippen LogP contribution >= 0.6 is 0 Å². The number of nitrogens with zero attached hydrogens (tertiary/aromatic N) is 1. The second-order valence-electron chi connectivity index (χ2n) is 2.95. The van der Waals surface area contributed by atoms with Crippen molar-refractivity contribution in [2.45, 2.75) is 25.6 Å². The zero-order valence-corrected chi connectivity index (χ0v) is 6.39. The predicted molar refractivity (Wildman–Crippen MR) is 39.6 cm³/mol. The van der Waals surface area contributed by atoms with E-state index < -0.39 is 6.17 Å². The van der Waals surface area contributed by atoms with Gasteiger partial charge < -0.3 is 5.73 Å². The Morgan fingerprint density at radius 2 is 2.30 bits per heavy atom. The Morgan fingerprint density at radius 3 is 2.80 bits per heavy atom. The zero-order valence-electron chi connectivity index (χ0n) is 6.39. The third-order valence-electron chi connectivity index (χ3n) is 1.95. The van der Waals surface area contributed by atoms with Gasteiger partial charge in [0.1, 0.15) is 6.17 Å². The van der Waals surface area contributed by atoms with Crippen LogP contribution in [0.15, 0.2) is 0 Å². The molecule has 1 saturated heterocycles. The van der Waals surface area contributed by atoms with Gasteiger partial charge in [0.15, 0.2) is 0 Å². The van der Waals surface area contributed by atoms with E-state index in [2.05, 4.69) is 4.90 Å². The lowest BCUT2D eigenvalue weighted by molar-refractivity contribution is 0.129. The molecular weight excluding hydrogens is 131 g/mol. The van der Waals surface area contributed by atoms with Crippen molar-refractivity contribution in [1.29, 1.82) is 0 Å². The molecule has 10 heavy (non-hydrogen) atoms. The van der Waals surface area contributed by atoms with Crippen LogP contribution in [0, 0.1) is 0 Å². The highest BCUT2D eigenvalue weighted by Crippen LogP contribution is 2.11. The highest BCUT2D eigenvalue weighted by molar-refractivity contribution is 4.80. The van der Waals surface area contributed by atoms with Crippen molar-refractivity contribution in [2.75, 3.05) is 19.6 Å². The van der Waals surface area contributed by atoms with Gasteiger partial charge in [0.2, 0.25) is 0 Å². The number of hydrogen-bond donors (Lipinski definition) is 1. The lowest BCUT2D eigenvalue weighted by atomic mass is 10.1. The van der Waals surface area contributed by atoms with Crippen molar-refractivity contribution in [2.24, 2.45) is 5.73 Å². The molecule has 2 unspecified atom stereocenters. The Bertz CT molecular complexity index is 97.8. The van der Waals surface area contributed by atoms with E-state index in [-0.39, 0.29) is 6.04 Å². The predicted octanol–water partition coefficient (Wildman–Crippen LogP) is 0.377. The first-order valence-electron chi connectivity index (χ1n) is 3.84. The number of piperidine rings is 1. The van der Waals surface area contributed by atoms with E-state index >= 15 is 0 Å². The molecule has 1 aliphatic heterocycles. The van der Waals surface area contributed by atoms with Gasteiger partial charge >= 0.3 is 0 Å². The summed E-state index contributed by atoms with van der Waals surface area (Å²) in [6, 6.07) is 0.0451. The van der Waals surface area contributed by atoms with Crippen LogP contribution in [0.4, 0.5) is 4.39 Å². The number of likely N-dealkylation sites (N-methyl/N-ethyl adjacent to an activating group) is 1. The average molecular weight is 146 g/mol. The van der Waals surface area contributed by atoms with Crippen molar-refractivity contribution < 1.29 is 4.39 Å². The Morgan fingerprint density at radius 1 is 1.60 bits per heavy atom. The van der Waals surface area contributed by atoms with Gasteiger partial charge in [-0.15, -0.1) is 0 Å². The number of nitrogens with two attached hydrogens (primary N) is 1. The third-order valence-corrected chi connectivity index (χ3v) is 1.95. The second kappa shape index (κ2) is 3.30. The molecule has 2 nitrogen and oxygen atoms in total. The van der Waals surface area contributed by atoms with Crippen LogP contribution in [-0.4, -0.2) is 36.7 Å². The topological polar surface area (TPSA) is 29.3 Å². The fourth-order valence-electron chi connectivity index (χ4n) is 1.42. The van der Waals surface area contributed by atoms with Gasteiger partial charge in [-0.2, -0.15) is 0 Å². The van der Waals surface area contributed by atoms with E-state index in [1.165, 1.54) is 0 Å². The molecule has 1 fully saturated rings. The van der Waals surface area contributed by atoms with E-state index in [0.29, 0.717) is 13.0 Å². The van der Waals surface area contributed by atoms with Gasteiger partial charge in [-0.05, 0) is 13.0 Å². The maximum Gasteiger partial charge on any atom is 0.114 e. The second-order valence-corrected chi connectivity index (χ2v) is 2.95. The molecule has 0 aromatic heterocycles. The fraction of sp³-hybridized carbons (Fsp3) is 1.00. The Balaban J connectivity index is 2.35. The molecule has 0 amide bonds. The first-order chi connectivity index (χ1) is 4.72. The molecule has 0 radical (unpaired) electrons. The van der Waals surface area contributed by atoms with Crippen LogP contribution in [0.3, 0.4) is 0 Å².